The van der Waals surface area contributed by atoms with Crippen LogP contribution in [0.5, 0.6) is 0 Å². The van der Waals surface area contributed by atoms with Gasteiger partial charge in [-0.2, -0.15) is 0 Å². The van der Waals surface area contributed by atoms with Gasteiger partial charge >= 0.3 is 6.09 Å². The number of benzene rings is 2. The molecular weight excluding hydrogens is 442 g/mol. The first-order valence-corrected chi connectivity index (χ1v) is 12.1. The van der Waals surface area contributed by atoms with Crippen LogP contribution in [0, 0.1) is 5.92 Å². The van der Waals surface area contributed by atoms with Gasteiger partial charge in [0.25, 0.3) is 5.56 Å². The summed E-state index contributed by atoms with van der Waals surface area (Å²) in [5.41, 5.74) is 2.84. The van der Waals surface area contributed by atoms with Crippen molar-refractivity contribution in [1.82, 2.24) is 14.8 Å². The molecular formula is C28H29N3O4. The lowest BCUT2D eigenvalue weighted by Gasteiger charge is -2.43. The molecule has 2 amide bonds. The SMILES string of the molecule is O=C(NC(Cc1ccccc1)C(=O)N1CC2CC(C1)c1cccc(=O)n1C2)OCc1ccccc1. The average molecular weight is 472 g/mol. The molecule has 35 heavy (non-hydrogen) atoms. The monoisotopic (exact) mass is 471 g/mol. The highest BCUT2D eigenvalue weighted by molar-refractivity contribution is 5.86. The first kappa shape index (κ1) is 22.9. The number of amides is 2. The maximum atomic E-state index is 13.7. The molecule has 0 saturated carbocycles. The fourth-order valence-electron chi connectivity index (χ4n) is 5.25. The number of pyridine rings is 1. The molecule has 2 bridgehead atoms. The van der Waals surface area contributed by atoms with Gasteiger partial charge in [-0.05, 0) is 29.5 Å². The van der Waals surface area contributed by atoms with Crippen LogP contribution < -0.4 is 10.9 Å². The van der Waals surface area contributed by atoms with Crippen LogP contribution in [0.3, 0.4) is 0 Å². The Bertz CT molecular complexity index is 1240. The molecule has 3 unspecified atom stereocenters. The van der Waals surface area contributed by atoms with E-state index in [4.69, 9.17) is 4.74 Å². The van der Waals surface area contributed by atoms with Crippen LogP contribution in [0.25, 0.3) is 0 Å². The Morgan fingerprint density at radius 2 is 1.60 bits per heavy atom. The molecule has 7 nitrogen and oxygen atoms in total. The summed E-state index contributed by atoms with van der Waals surface area (Å²) in [6.45, 7) is 1.86. The smallest absolute Gasteiger partial charge is 0.408 e. The molecule has 1 saturated heterocycles. The Morgan fingerprint density at radius 1 is 0.886 bits per heavy atom. The van der Waals surface area contributed by atoms with Gasteiger partial charge in [-0.25, -0.2) is 4.79 Å². The van der Waals surface area contributed by atoms with E-state index in [1.807, 2.05) is 76.2 Å². The lowest BCUT2D eigenvalue weighted by molar-refractivity contribution is -0.136. The fraction of sp³-hybridized carbons (Fsp3) is 0.321. The van der Waals surface area contributed by atoms with Crippen LogP contribution in [0.15, 0.2) is 83.7 Å². The third kappa shape index (κ3) is 5.29. The number of fused-ring (bicyclic) bond motifs is 4. The Labute approximate surface area is 204 Å². The zero-order valence-corrected chi connectivity index (χ0v) is 19.5. The van der Waals surface area contributed by atoms with E-state index in [0.29, 0.717) is 26.1 Å². The van der Waals surface area contributed by atoms with Crippen LogP contribution in [-0.2, 0) is 29.1 Å². The van der Waals surface area contributed by atoms with Crippen molar-refractivity contribution in [3.8, 4) is 0 Å². The van der Waals surface area contributed by atoms with E-state index in [2.05, 4.69) is 5.32 Å². The molecule has 3 atom stereocenters. The number of hydrogen-bond acceptors (Lipinski definition) is 4. The Morgan fingerprint density at radius 3 is 2.34 bits per heavy atom. The molecule has 1 fully saturated rings. The van der Waals surface area contributed by atoms with Crippen molar-refractivity contribution in [3.05, 3.63) is 106 Å². The summed E-state index contributed by atoms with van der Waals surface area (Å²) in [4.78, 5) is 40.5. The van der Waals surface area contributed by atoms with Crippen LogP contribution in [0.4, 0.5) is 4.79 Å². The van der Waals surface area contributed by atoms with Gasteiger partial charge in [-0.15, -0.1) is 0 Å². The predicted molar refractivity (Wildman–Crippen MR) is 132 cm³/mol. The summed E-state index contributed by atoms with van der Waals surface area (Å²) in [5, 5.41) is 2.82. The molecule has 0 aliphatic carbocycles. The van der Waals surface area contributed by atoms with Gasteiger partial charge in [-0.1, -0.05) is 66.7 Å². The van der Waals surface area contributed by atoms with E-state index in [9.17, 15) is 14.4 Å². The number of rotatable bonds is 6. The second-order valence-corrected chi connectivity index (χ2v) is 9.39. The molecule has 0 radical (unpaired) electrons. The molecule has 2 aliphatic heterocycles. The number of nitrogens with one attached hydrogen (secondary N) is 1. The number of ether oxygens (including phenoxy) is 1. The van der Waals surface area contributed by atoms with Gasteiger partial charge in [0.05, 0.1) is 0 Å². The van der Waals surface area contributed by atoms with Crippen molar-refractivity contribution in [1.29, 1.82) is 0 Å². The van der Waals surface area contributed by atoms with Crippen molar-refractivity contribution >= 4 is 12.0 Å². The van der Waals surface area contributed by atoms with Gasteiger partial charge in [0.1, 0.15) is 12.6 Å². The zero-order valence-electron chi connectivity index (χ0n) is 19.5. The summed E-state index contributed by atoms with van der Waals surface area (Å²) in [6.07, 6.45) is 0.725. The molecule has 2 aliphatic rings. The lowest BCUT2D eigenvalue weighted by atomic mass is 9.83. The largest absolute Gasteiger partial charge is 0.445 e. The van der Waals surface area contributed by atoms with E-state index >= 15 is 0 Å². The summed E-state index contributed by atoms with van der Waals surface area (Å²) in [5.74, 6) is 0.211. The highest BCUT2D eigenvalue weighted by Crippen LogP contribution is 2.35. The van der Waals surface area contributed by atoms with E-state index < -0.39 is 12.1 Å². The van der Waals surface area contributed by atoms with Crippen molar-refractivity contribution < 1.29 is 14.3 Å². The second kappa shape index (κ2) is 10.2. The van der Waals surface area contributed by atoms with Crippen LogP contribution >= 0.6 is 0 Å². The van der Waals surface area contributed by atoms with Crippen LogP contribution in [0.1, 0.15) is 29.2 Å². The van der Waals surface area contributed by atoms with E-state index in [1.54, 1.807) is 12.1 Å². The molecule has 0 spiro atoms. The van der Waals surface area contributed by atoms with E-state index in [1.165, 1.54) is 0 Å². The van der Waals surface area contributed by atoms with Crippen LogP contribution in [0.2, 0.25) is 0 Å². The standard InChI is InChI=1S/C28H29N3O4/c32-26-13-7-12-25-23-14-22(17-31(25)26)16-30(18-23)27(33)24(15-20-8-3-1-4-9-20)29-28(34)35-19-21-10-5-2-6-11-21/h1-13,22-24H,14-19H2,(H,29,34). The minimum absolute atomic E-state index is 0.0155. The summed E-state index contributed by atoms with van der Waals surface area (Å²) < 4.78 is 7.26. The molecule has 3 heterocycles. The summed E-state index contributed by atoms with van der Waals surface area (Å²) in [6, 6.07) is 23.7. The minimum atomic E-state index is -0.738. The zero-order chi connectivity index (χ0) is 24.2. The third-order valence-electron chi connectivity index (χ3n) is 6.88. The minimum Gasteiger partial charge on any atom is -0.445 e. The van der Waals surface area contributed by atoms with E-state index in [-0.39, 0.29) is 29.9 Å². The average Bonchev–Trinajstić information content (AvgIpc) is 2.88. The van der Waals surface area contributed by atoms with E-state index in [0.717, 1.165) is 23.2 Å². The number of hydrogen-bond donors (Lipinski definition) is 1. The number of carbonyl (C=O) groups excluding carboxylic acids is 2. The van der Waals surface area contributed by atoms with Crippen molar-refractivity contribution in [2.24, 2.45) is 5.92 Å². The highest BCUT2D eigenvalue weighted by Gasteiger charge is 2.38. The number of alkyl carbamates (subject to hydrolysis) is 1. The first-order chi connectivity index (χ1) is 17.1. The summed E-state index contributed by atoms with van der Waals surface area (Å²) >= 11 is 0. The third-order valence-corrected chi connectivity index (χ3v) is 6.88. The number of aromatic nitrogens is 1. The number of piperidine rings is 1. The summed E-state index contributed by atoms with van der Waals surface area (Å²) in [7, 11) is 0. The second-order valence-electron chi connectivity index (χ2n) is 9.39. The maximum Gasteiger partial charge on any atom is 0.408 e. The van der Waals surface area contributed by atoms with Gasteiger partial charge in [-0.3, -0.25) is 9.59 Å². The number of carbonyl (C=O) groups is 2. The van der Waals surface area contributed by atoms with Crippen molar-refractivity contribution in [2.45, 2.75) is 38.0 Å². The van der Waals surface area contributed by atoms with Gasteiger partial charge < -0.3 is 19.5 Å². The quantitative estimate of drug-likeness (QED) is 0.598. The molecule has 5 rings (SSSR count). The normalized spacial score (nSPS) is 19.4. The highest BCUT2D eigenvalue weighted by atomic mass is 16.5. The van der Waals surface area contributed by atoms with Crippen LogP contribution in [-0.4, -0.2) is 40.6 Å². The molecule has 7 heteroatoms. The lowest BCUT2D eigenvalue weighted by Crippen LogP contribution is -2.55. The topological polar surface area (TPSA) is 80.6 Å². The molecule has 3 aromatic rings. The number of likely N-dealkylation sites (tertiary alicyclic amines) is 1. The number of nitrogens with zero attached hydrogens (tertiary/aromatic N) is 2. The Hall–Kier alpha value is -3.87. The van der Waals surface area contributed by atoms with Gasteiger partial charge in [0, 0.05) is 43.7 Å². The fourth-order valence-corrected chi connectivity index (χ4v) is 5.25. The maximum absolute atomic E-state index is 13.7. The Balaban J connectivity index is 1.31. The predicted octanol–water partition coefficient (Wildman–Crippen LogP) is 3.33. The van der Waals surface area contributed by atoms with Crippen molar-refractivity contribution in [3.63, 3.8) is 0 Å². The van der Waals surface area contributed by atoms with Gasteiger partial charge in [0.15, 0.2) is 0 Å². The molecule has 1 aromatic heterocycles. The van der Waals surface area contributed by atoms with Crippen molar-refractivity contribution in [2.75, 3.05) is 13.1 Å². The van der Waals surface area contributed by atoms with Gasteiger partial charge in [0.2, 0.25) is 5.91 Å². The Kier molecular flexibility index (Phi) is 6.66. The molecule has 180 valence electrons. The molecule has 1 N–H and O–H groups in total. The molecule has 2 aromatic carbocycles. The first-order valence-electron chi connectivity index (χ1n) is 12.1.